The Bertz CT molecular complexity index is 602. The van der Waals surface area contributed by atoms with Crippen LogP contribution >= 0.6 is 0 Å². The van der Waals surface area contributed by atoms with Crippen molar-refractivity contribution in [1.82, 2.24) is 20.1 Å². The molecule has 2 heterocycles. The number of H-pyrrole nitrogens is 1. The third-order valence-electron chi connectivity index (χ3n) is 3.79. The lowest BCUT2D eigenvalue weighted by Gasteiger charge is -2.32. The molecule has 1 amide bonds. The summed E-state index contributed by atoms with van der Waals surface area (Å²) in [4.78, 5) is 17.9. The molecule has 0 saturated carbocycles. The van der Waals surface area contributed by atoms with E-state index in [0.717, 1.165) is 31.6 Å². The fourth-order valence-electron chi connectivity index (χ4n) is 2.66. The number of benzene rings is 1. The van der Waals surface area contributed by atoms with Gasteiger partial charge in [-0.05, 0) is 37.5 Å². The van der Waals surface area contributed by atoms with Gasteiger partial charge < -0.3 is 10.2 Å². The molecule has 3 rings (SSSR count). The molecule has 2 aromatic rings. The molecule has 6 nitrogen and oxygen atoms in total. The Morgan fingerprint density at radius 3 is 2.86 bits per heavy atom. The molecule has 1 fully saturated rings. The summed E-state index contributed by atoms with van der Waals surface area (Å²) in [7, 11) is 0. The van der Waals surface area contributed by atoms with Crippen LogP contribution in [0.5, 0.6) is 0 Å². The Kier molecular flexibility index (Phi) is 3.85. The zero-order chi connectivity index (χ0) is 14.7. The van der Waals surface area contributed by atoms with Crippen molar-refractivity contribution in [3.8, 4) is 0 Å². The minimum Gasteiger partial charge on any atom is -0.382 e. The van der Waals surface area contributed by atoms with Crippen LogP contribution in [0.15, 0.2) is 30.6 Å². The van der Waals surface area contributed by atoms with Gasteiger partial charge in [-0.25, -0.2) is 4.98 Å². The van der Waals surface area contributed by atoms with Gasteiger partial charge in [0.05, 0.1) is 0 Å². The summed E-state index contributed by atoms with van der Waals surface area (Å²) in [6.07, 6.45) is 3.24. The van der Waals surface area contributed by atoms with Crippen LogP contribution < -0.4 is 5.32 Å². The summed E-state index contributed by atoms with van der Waals surface area (Å²) in [6, 6.07) is 8.78. The van der Waals surface area contributed by atoms with E-state index in [1.165, 1.54) is 11.9 Å². The number of anilines is 1. The van der Waals surface area contributed by atoms with E-state index >= 15 is 0 Å². The molecule has 110 valence electrons. The van der Waals surface area contributed by atoms with Crippen LogP contribution in [0.2, 0.25) is 0 Å². The van der Waals surface area contributed by atoms with Gasteiger partial charge in [-0.2, -0.15) is 5.10 Å². The van der Waals surface area contributed by atoms with Gasteiger partial charge in [0, 0.05) is 24.8 Å². The number of aryl methyl sites for hydroxylation is 1. The van der Waals surface area contributed by atoms with Crippen LogP contribution in [0.4, 0.5) is 5.69 Å². The molecule has 1 aromatic heterocycles. The molecular weight excluding hydrogens is 266 g/mol. The minimum absolute atomic E-state index is 0.0681. The van der Waals surface area contributed by atoms with Gasteiger partial charge in [-0.3, -0.25) is 9.89 Å². The van der Waals surface area contributed by atoms with Crippen molar-refractivity contribution in [2.24, 2.45) is 0 Å². The number of amides is 1. The highest BCUT2D eigenvalue weighted by Crippen LogP contribution is 2.18. The molecule has 2 N–H and O–H groups in total. The molecule has 1 aromatic carbocycles. The predicted octanol–water partition coefficient (Wildman–Crippen LogP) is 1.83. The lowest BCUT2D eigenvalue weighted by molar-refractivity contribution is 0.0706. The fraction of sp³-hybridized carbons (Fsp3) is 0.400. The maximum atomic E-state index is 12.1. The first-order chi connectivity index (χ1) is 10.2. The van der Waals surface area contributed by atoms with Gasteiger partial charge in [-0.1, -0.05) is 12.1 Å². The average Bonchev–Trinajstić information content (AvgIpc) is 3.01. The van der Waals surface area contributed by atoms with E-state index in [9.17, 15) is 4.79 Å². The van der Waals surface area contributed by atoms with Crippen molar-refractivity contribution in [3.05, 3.63) is 42.0 Å². The Hall–Kier alpha value is -2.37. The third kappa shape index (κ3) is 3.21. The van der Waals surface area contributed by atoms with Crippen LogP contribution in [0.3, 0.4) is 0 Å². The topological polar surface area (TPSA) is 73.9 Å². The van der Waals surface area contributed by atoms with Crippen LogP contribution in [0.25, 0.3) is 0 Å². The largest absolute Gasteiger partial charge is 0.382 e. The summed E-state index contributed by atoms with van der Waals surface area (Å²) < 4.78 is 0. The Morgan fingerprint density at radius 2 is 2.19 bits per heavy atom. The number of hydrogen-bond donors (Lipinski definition) is 2. The first-order valence-corrected chi connectivity index (χ1v) is 7.20. The molecule has 21 heavy (non-hydrogen) atoms. The van der Waals surface area contributed by atoms with Crippen molar-refractivity contribution in [2.75, 3.05) is 18.4 Å². The predicted molar refractivity (Wildman–Crippen MR) is 80.1 cm³/mol. The summed E-state index contributed by atoms with van der Waals surface area (Å²) in [5.74, 6) is 0.251. The van der Waals surface area contributed by atoms with Gasteiger partial charge in [-0.15, -0.1) is 0 Å². The van der Waals surface area contributed by atoms with E-state index in [2.05, 4.69) is 51.7 Å². The quantitative estimate of drug-likeness (QED) is 0.902. The summed E-state index contributed by atoms with van der Waals surface area (Å²) in [6.45, 7) is 3.57. The van der Waals surface area contributed by atoms with Gasteiger partial charge in [0.1, 0.15) is 6.33 Å². The van der Waals surface area contributed by atoms with Crippen LogP contribution in [0, 0.1) is 6.92 Å². The van der Waals surface area contributed by atoms with Crippen molar-refractivity contribution in [1.29, 1.82) is 0 Å². The SMILES string of the molecule is Cc1cccc(NC2CCN(C(=O)c3ncn[nH]3)CC2)c1. The normalized spacial score (nSPS) is 16.0. The number of aromatic amines is 1. The average molecular weight is 285 g/mol. The summed E-state index contributed by atoms with van der Waals surface area (Å²) >= 11 is 0. The number of rotatable bonds is 3. The molecular formula is C15H19N5O. The van der Waals surface area contributed by atoms with Crippen LogP contribution in [-0.2, 0) is 0 Å². The first kappa shape index (κ1) is 13.6. The standard InChI is InChI=1S/C15H19N5O/c1-11-3-2-4-13(9-11)18-12-5-7-20(8-6-12)15(21)14-16-10-17-19-14/h2-4,9-10,12,18H,5-8H2,1H3,(H,16,17,19). The lowest BCUT2D eigenvalue weighted by Crippen LogP contribution is -2.42. The maximum absolute atomic E-state index is 12.1. The number of carbonyl (C=O) groups excluding carboxylic acids is 1. The molecule has 0 bridgehead atoms. The van der Waals surface area contributed by atoms with Crippen LogP contribution in [-0.4, -0.2) is 45.1 Å². The molecule has 1 aliphatic heterocycles. The summed E-state index contributed by atoms with van der Waals surface area (Å²) in [5, 5.41) is 9.89. The van der Waals surface area contributed by atoms with E-state index in [-0.39, 0.29) is 5.91 Å². The molecule has 0 spiro atoms. The van der Waals surface area contributed by atoms with Crippen molar-refractivity contribution < 1.29 is 4.79 Å². The maximum Gasteiger partial charge on any atom is 0.291 e. The van der Waals surface area contributed by atoms with E-state index in [1.54, 1.807) is 0 Å². The monoisotopic (exact) mass is 285 g/mol. The van der Waals surface area contributed by atoms with Crippen molar-refractivity contribution in [2.45, 2.75) is 25.8 Å². The van der Waals surface area contributed by atoms with Gasteiger partial charge in [0.25, 0.3) is 5.91 Å². The molecule has 0 atom stereocenters. The molecule has 1 aliphatic rings. The summed E-state index contributed by atoms with van der Waals surface area (Å²) in [5.41, 5.74) is 2.40. The van der Waals surface area contributed by atoms with Crippen molar-refractivity contribution in [3.63, 3.8) is 0 Å². The highest BCUT2D eigenvalue weighted by atomic mass is 16.2. The number of hydrogen-bond acceptors (Lipinski definition) is 4. The van der Waals surface area contributed by atoms with Crippen LogP contribution in [0.1, 0.15) is 29.0 Å². The number of nitrogens with one attached hydrogen (secondary N) is 2. The van der Waals surface area contributed by atoms with Gasteiger partial charge >= 0.3 is 0 Å². The van der Waals surface area contributed by atoms with E-state index in [0.29, 0.717) is 11.9 Å². The molecule has 0 unspecified atom stereocenters. The second-order valence-corrected chi connectivity index (χ2v) is 5.41. The van der Waals surface area contributed by atoms with Crippen molar-refractivity contribution >= 4 is 11.6 Å². The molecule has 0 aliphatic carbocycles. The second kappa shape index (κ2) is 5.95. The second-order valence-electron chi connectivity index (χ2n) is 5.41. The molecule has 0 radical (unpaired) electrons. The Labute approximate surface area is 123 Å². The number of carbonyl (C=O) groups is 1. The third-order valence-corrected chi connectivity index (χ3v) is 3.79. The number of aromatic nitrogens is 3. The zero-order valence-corrected chi connectivity index (χ0v) is 12.0. The molecule has 1 saturated heterocycles. The zero-order valence-electron chi connectivity index (χ0n) is 12.0. The number of piperidine rings is 1. The van der Waals surface area contributed by atoms with E-state index < -0.39 is 0 Å². The number of nitrogens with zero attached hydrogens (tertiary/aromatic N) is 3. The lowest BCUT2D eigenvalue weighted by atomic mass is 10.0. The molecule has 6 heteroatoms. The Morgan fingerprint density at radius 1 is 1.38 bits per heavy atom. The smallest absolute Gasteiger partial charge is 0.291 e. The number of likely N-dealkylation sites (tertiary alicyclic amines) is 1. The highest BCUT2D eigenvalue weighted by Gasteiger charge is 2.24. The van der Waals surface area contributed by atoms with Gasteiger partial charge in [0.15, 0.2) is 0 Å². The van der Waals surface area contributed by atoms with E-state index in [1.807, 2.05) is 4.90 Å². The van der Waals surface area contributed by atoms with Gasteiger partial charge in [0.2, 0.25) is 5.82 Å². The fourth-order valence-corrected chi connectivity index (χ4v) is 2.66. The van der Waals surface area contributed by atoms with E-state index in [4.69, 9.17) is 0 Å². The highest BCUT2D eigenvalue weighted by molar-refractivity contribution is 5.90. The Balaban J connectivity index is 1.54. The first-order valence-electron chi connectivity index (χ1n) is 7.20. The minimum atomic E-state index is -0.0681.